The van der Waals surface area contributed by atoms with Crippen LogP contribution < -0.4 is 22.1 Å². The molecule has 0 aliphatic carbocycles. The zero-order chi connectivity index (χ0) is 16.4. The van der Waals surface area contributed by atoms with Crippen molar-refractivity contribution in [3.8, 4) is 0 Å². The number of hydrogen-bond donors (Lipinski definition) is 5. The molecular weight excluding hydrogens is 300 g/mol. The number of hydrogen-bond acceptors (Lipinski definition) is 6. The van der Waals surface area contributed by atoms with Crippen molar-refractivity contribution in [1.82, 2.24) is 10.6 Å². The van der Waals surface area contributed by atoms with Crippen LogP contribution in [0.3, 0.4) is 0 Å². The van der Waals surface area contributed by atoms with E-state index in [1.807, 2.05) is 0 Å². The molecular formula is C11H20N4O5S. The number of amides is 3. The van der Waals surface area contributed by atoms with Gasteiger partial charge in [0.25, 0.3) is 0 Å². The first kappa shape index (κ1) is 19.2. The molecule has 0 saturated carbocycles. The highest BCUT2D eigenvalue weighted by molar-refractivity contribution is 7.98. The summed E-state index contributed by atoms with van der Waals surface area (Å²) in [5, 5.41) is 13.5. The number of rotatable bonds is 10. The summed E-state index contributed by atoms with van der Waals surface area (Å²) in [5.74, 6) is -2.90. The van der Waals surface area contributed by atoms with Crippen molar-refractivity contribution >= 4 is 35.5 Å². The molecule has 0 spiro atoms. The number of carbonyl (C=O) groups is 4. The Morgan fingerprint density at radius 3 is 2.24 bits per heavy atom. The fourth-order valence-electron chi connectivity index (χ4n) is 1.43. The van der Waals surface area contributed by atoms with Gasteiger partial charge in [-0.2, -0.15) is 11.8 Å². The van der Waals surface area contributed by atoms with Gasteiger partial charge in [0.2, 0.25) is 17.7 Å². The van der Waals surface area contributed by atoms with Crippen LogP contribution in [-0.4, -0.2) is 59.4 Å². The van der Waals surface area contributed by atoms with Crippen LogP contribution in [0.5, 0.6) is 0 Å². The number of nitrogens with two attached hydrogens (primary N) is 2. The number of primary amides is 1. The van der Waals surface area contributed by atoms with E-state index in [1.54, 1.807) is 6.26 Å². The van der Waals surface area contributed by atoms with Gasteiger partial charge in [-0.15, -0.1) is 0 Å². The number of nitrogens with one attached hydrogen (secondary N) is 2. The lowest BCUT2D eigenvalue weighted by Gasteiger charge is -2.20. The minimum absolute atomic E-state index is 0.219. The predicted molar refractivity (Wildman–Crippen MR) is 77.4 cm³/mol. The zero-order valence-corrected chi connectivity index (χ0v) is 12.4. The van der Waals surface area contributed by atoms with Crippen LogP contribution in [0.1, 0.15) is 12.8 Å². The van der Waals surface area contributed by atoms with Crippen LogP contribution in [0.2, 0.25) is 0 Å². The maximum atomic E-state index is 12.0. The van der Waals surface area contributed by atoms with Gasteiger partial charge in [-0.1, -0.05) is 0 Å². The van der Waals surface area contributed by atoms with E-state index in [2.05, 4.69) is 10.6 Å². The molecule has 2 atom stereocenters. The van der Waals surface area contributed by atoms with Crippen LogP contribution in [0, 0.1) is 0 Å². The summed E-state index contributed by atoms with van der Waals surface area (Å²) in [6.07, 6.45) is 1.58. The highest BCUT2D eigenvalue weighted by Crippen LogP contribution is 2.02. The third-order valence-electron chi connectivity index (χ3n) is 2.47. The lowest BCUT2D eigenvalue weighted by Crippen LogP contribution is -2.53. The smallest absolute Gasteiger partial charge is 0.326 e. The molecule has 9 nitrogen and oxygen atoms in total. The summed E-state index contributed by atoms with van der Waals surface area (Å²) < 4.78 is 0. The molecule has 0 rings (SSSR count). The molecule has 7 N–H and O–H groups in total. The van der Waals surface area contributed by atoms with Crippen LogP contribution >= 0.6 is 11.8 Å². The van der Waals surface area contributed by atoms with Crippen molar-refractivity contribution < 1.29 is 24.3 Å². The summed E-state index contributed by atoms with van der Waals surface area (Å²) in [5.41, 5.74) is 10.1. The molecule has 0 radical (unpaired) electrons. The summed E-state index contributed by atoms with van der Waals surface area (Å²) in [6.45, 7) is -0.364. The first-order valence-corrected chi connectivity index (χ1v) is 7.51. The average Bonchev–Trinajstić information content (AvgIpc) is 2.41. The molecule has 21 heavy (non-hydrogen) atoms. The topological polar surface area (TPSA) is 165 Å². The van der Waals surface area contributed by atoms with E-state index < -0.39 is 42.2 Å². The monoisotopic (exact) mass is 320 g/mol. The van der Waals surface area contributed by atoms with E-state index >= 15 is 0 Å². The molecule has 0 fully saturated rings. The Hall–Kier alpha value is -1.81. The largest absolute Gasteiger partial charge is 0.480 e. The van der Waals surface area contributed by atoms with Gasteiger partial charge in [-0.3, -0.25) is 14.4 Å². The Morgan fingerprint density at radius 1 is 1.19 bits per heavy atom. The Morgan fingerprint density at radius 2 is 1.81 bits per heavy atom. The highest BCUT2D eigenvalue weighted by atomic mass is 32.2. The maximum absolute atomic E-state index is 12.0. The summed E-state index contributed by atoms with van der Waals surface area (Å²) in [6, 6.07) is -2.34. The van der Waals surface area contributed by atoms with Gasteiger partial charge >= 0.3 is 5.97 Å². The van der Waals surface area contributed by atoms with Gasteiger partial charge in [0.1, 0.15) is 12.1 Å². The summed E-state index contributed by atoms with van der Waals surface area (Å²) >= 11 is 1.43. The van der Waals surface area contributed by atoms with Gasteiger partial charge in [0.15, 0.2) is 0 Å². The zero-order valence-electron chi connectivity index (χ0n) is 11.6. The second-order valence-corrected chi connectivity index (χ2v) is 5.16. The Labute approximate surface area is 126 Å². The quantitative estimate of drug-likeness (QED) is 0.300. The molecule has 3 amide bonds. The number of thioether (sulfide) groups is 1. The summed E-state index contributed by atoms with van der Waals surface area (Å²) in [4.78, 5) is 45.1. The third kappa shape index (κ3) is 8.15. The van der Waals surface area contributed by atoms with Gasteiger partial charge in [-0.25, -0.2) is 4.79 Å². The van der Waals surface area contributed by atoms with Crippen molar-refractivity contribution in [2.24, 2.45) is 11.5 Å². The lowest BCUT2D eigenvalue weighted by molar-refractivity contribution is -0.142. The Kier molecular flexibility index (Phi) is 9.13. The Bertz CT molecular complexity index is 404. The number of aliphatic carboxylic acids is 1. The van der Waals surface area contributed by atoms with Gasteiger partial charge in [0.05, 0.1) is 13.0 Å². The normalized spacial score (nSPS) is 13.0. The highest BCUT2D eigenvalue weighted by Gasteiger charge is 2.27. The van der Waals surface area contributed by atoms with E-state index in [-0.39, 0.29) is 13.0 Å². The molecule has 2 unspecified atom stereocenters. The molecule has 0 aliphatic rings. The molecule has 0 aromatic rings. The van der Waals surface area contributed by atoms with E-state index in [1.165, 1.54) is 11.8 Å². The van der Waals surface area contributed by atoms with Crippen molar-refractivity contribution in [3.63, 3.8) is 0 Å². The van der Waals surface area contributed by atoms with Gasteiger partial charge < -0.3 is 27.2 Å². The SMILES string of the molecule is CSCCC(NC(=O)C(CC(N)=O)NC(=O)CN)C(=O)O. The number of carboxylic acids is 1. The van der Waals surface area contributed by atoms with Gasteiger partial charge in [0, 0.05) is 0 Å². The molecule has 0 saturated heterocycles. The van der Waals surface area contributed by atoms with Crippen LogP contribution in [0.25, 0.3) is 0 Å². The third-order valence-corrected chi connectivity index (χ3v) is 3.11. The molecule has 0 aromatic carbocycles. The molecule has 0 heterocycles. The van der Waals surface area contributed by atoms with Crippen molar-refractivity contribution in [1.29, 1.82) is 0 Å². The minimum Gasteiger partial charge on any atom is -0.480 e. The predicted octanol–water partition coefficient (Wildman–Crippen LogP) is -2.37. The summed E-state index contributed by atoms with van der Waals surface area (Å²) in [7, 11) is 0. The Balaban J connectivity index is 4.79. The van der Waals surface area contributed by atoms with E-state index in [9.17, 15) is 19.2 Å². The molecule has 120 valence electrons. The average molecular weight is 320 g/mol. The van der Waals surface area contributed by atoms with Crippen LogP contribution in [-0.2, 0) is 19.2 Å². The minimum atomic E-state index is -1.24. The number of carboxylic acid groups (broad SMARTS) is 1. The molecule has 0 bridgehead atoms. The molecule has 0 aliphatic heterocycles. The second-order valence-electron chi connectivity index (χ2n) is 4.18. The van der Waals surface area contributed by atoms with Crippen molar-refractivity contribution in [3.05, 3.63) is 0 Å². The van der Waals surface area contributed by atoms with Crippen LogP contribution in [0.15, 0.2) is 0 Å². The van der Waals surface area contributed by atoms with Gasteiger partial charge in [-0.05, 0) is 18.4 Å². The standard InChI is InChI=1S/C11H20N4O5S/c1-21-3-2-6(11(19)20)15-10(18)7(4-8(13)16)14-9(17)5-12/h6-7H,2-5,12H2,1H3,(H2,13,16)(H,14,17)(H,15,18)(H,19,20). The molecule has 10 heteroatoms. The van der Waals surface area contributed by atoms with Crippen molar-refractivity contribution in [2.75, 3.05) is 18.6 Å². The van der Waals surface area contributed by atoms with E-state index in [0.717, 1.165) is 0 Å². The fourth-order valence-corrected chi connectivity index (χ4v) is 1.90. The second kappa shape index (κ2) is 10.00. The van der Waals surface area contributed by atoms with E-state index in [0.29, 0.717) is 5.75 Å². The van der Waals surface area contributed by atoms with Crippen molar-refractivity contribution in [2.45, 2.75) is 24.9 Å². The lowest BCUT2D eigenvalue weighted by atomic mass is 10.1. The fraction of sp³-hybridized carbons (Fsp3) is 0.636. The molecule has 0 aromatic heterocycles. The number of carbonyl (C=O) groups excluding carboxylic acids is 3. The first-order valence-electron chi connectivity index (χ1n) is 6.11. The first-order chi connectivity index (χ1) is 9.81. The van der Waals surface area contributed by atoms with E-state index in [4.69, 9.17) is 16.6 Å². The van der Waals surface area contributed by atoms with Crippen LogP contribution in [0.4, 0.5) is 0 Å². The maximum Gasteiger partial charge on any atom is 0.326 e.